The van der Waals surface area contributed by atoms with Gasteiger partial charge < -0.3 is 5.43 Å². The first-order valence-corrected chi connectivity index (χ1v) is 4.59. The minimum Gasteiger partial charge on any atom is -0.306 e. The summed E-state index contributed by atoms with van der Waals surface area (Å²) < 4.78 is 0. The molecule has 0 aromatic heterocycles. The van der Waals surface area contributed by atoms with Crippen LogP contribution in [-0.4, -0.2) is 11.6 Å². The Kier molecular flexibility index (Phi) is 2.98. The lowest BCUT2D eigenvalue weighted by molar-refractivity contribution is 0.242. The van der Waals surface area contributed by atoms with Crippen LogP contribution in [0.2, 0.25) is 0 Å². The molecule has 12 heavy (non-hydrogen) atoms. The van der Waals surface area contributed by atoms with Gasteiger partial charge in [-0.3, -0.25) is 5.01 Å². The number of rotatable bonds is 3. The summed E-state index contributed by atoms with van der Waals surface area (Å²) in [6, 6.07) is 0. The SMILES string of the molecule is CC(C)CN1C=C(C(C)C)NN1. The predicted octanol–water partition coefficient (Wildman–Crippen LogP) is 1.46. The van der Waals surface area contributed by atoms with Gasteiger partial charge in [-0.15, -0.1) is 5.53 Å². The third-order valence-corrected chi connectivity index (χ3v) is 1.82. The first-order valence-electron chi connectivity index (χ1n) is 4.59. The summed E-state index contributed by atoms with van der Waals surface area (Å²) in [6.45, 7) is 9.83. The number of nitrogens with one attached hydrogen (secondary N) is 2. The highest BCUT2D eigenvalue weighted by molar-refractivity contribution is 5.04. The smallest absolute Gasteiger partial charge is 0.0478 e. The van der Waals surface area contributed by atoms with Crippen LogP contribution in [0.1, 0.15) is 27.7 Å². The Bertz CT molecular complexity index is 173. The molecule has 1 heterocycles. The van der Waals surface area contributed by atoms with Crippen LogP contribution < -0.4 is 11.0 Å². The molecule has 0 aliphatic carbocycles. The van der Waals surface area contributed by atoms with E-state index in [1.807, 2.05) is 0 Å². The fourth-order valence-electron chi connectivity index (χ4n) is 1.15. The van der Waals surface area contributed by atoms with Crippen molar-refractivity contribution in [2.24, 2.45) is 11.8 Å². The van der Waals surface area contributed by atoms with Gasteiger partial charge in [0.2, 0.25) is 0 Å². The molecule has 0 atom stereocenters. The van der Waals surface area contributed by atoms with Gasteiger partial charge in [0.15, 0.2) is 0 Å². The lowest BCUT2D eigenvalue weighted by Gasteiger charge is -2.16. The molecule has 0 amide bonds. The molecule has 0 saturated carbocycles. The summed E-state index contributed by atoms with van der Waals surface area (Å²) in [5.74, 6) is 1.25. The van der Waals surface area contributed by atoms with Crippen molar-refractivity contribution in [2.75, 3.05) is 6.54 Å². The summed E-state index contributed by atoms with van der Waals surface area (Å²) in [5.41, 5.74) is 7.52. The molecule has 0 bridgehead atoms. The van der Waals surface area contributed by atoms with Crippen molar-refractivity contribution in [1.29, 1.82) is 0 Å². The van der Waals surface area contributed by atoms with E-state index >= 15 is 0 Å². The molecule has 3 heteroatoms. The largest absolute Gasteiger partial charge is 0.306 e. The third kappa shape index (κ3) is 2.41. The summed E-state index contributed by atoms with van der Waals surface area (Å²) >= 11 is 0. The Balaban J connectivity index is 2.42. The molecule has 70 valence electrons. The van der Waals surface area contributed by atoms with Crippen LogP contribution in [0.25, 0.3) is 0 Å². The Morgan fingerprint density at radius 1 is 1.33 bits per heavy atom. The zero-order valence-electron chi connectivity index (χ0n) is 8.39. The second kappa shape index (κ2) is 3.81. The predicted molar refractivity (Wildman–Crippen MR) is 50.7 cm³/mol. The van der Waals surface area contributed by atoms with Gasteiger partial charge >= 0.3 is 0 Å². The third-order valence-electron chi connectivity index (χ3n) is 1.82. The minimum atomic E-state index is 0.565. The lowest BCUT2D eigenvalue weighted by atomic mass is 10.1. The van der Waals surface area contributed by atoms with E-state index in [9.17, 15) is 0 Å². The van der Waals surface area contributed by atoms with E-state index in [4.69, 9.17) is 0 Å². The molecule has 0 unspecified atom stereocenters. The van der Waals surface area contributed by atoms with Gasteiger partial charge in [0.25, 0.3) is 0 Å². The topological polar surface area (TPSA) is 27.3 Å². The van der Waals surface area contributed by atoms with E-state index < -0.39 is 0 Å². The Labute approximate surface area is 74.8 Å². The highest BCUT2D eigenvalue weighted by atomic mass is 15.7. The fraction of sp³-hybridized carbons (Fsp3) is 0.778. The summed E-state index contributed by atoms with van der Waals surface area (Å²) in [5, 5.41) is 2.10. The summed E-state index contributed by atoms with van der Waals surface area (Å²) in [4.78, 5) is 0. The molecule has 3 nitrogen and oxygen atoms in total. The van der Waals surface area contributed by atoms with Gasteiger partial charge in [-0.25, -0.2) is 0 Å². The Morgan fingerprint density at radius 2 is 2.00 bits per heavy atom. The second-order valence-electron chi connectivity index (χ2n) is 4.02. The zero-order chi connectivity index (χ0) is 9.14. The number of allylic oxidation sites excluding steroid dienone is 1. The van der Waals surface area contributed by atoms with E-state index in [1.54, 1.807) is 0 Å². The van der Waals surface area contributed by atoms with Crippen molar-refractivity contribution in [3.63, 3.8) is 0 Å². The maximum Gasteiger partial charge on any atom is 0.0478 e. The van der Waals surface area contributed by atoms with Crippen molar-refractivity contribution in [3.8, 4) is 0 Å². The van der Waals surface area contributed by atoms with Gasteiger partial charge in [-0.05, 0) is 11.8 Å². The average molecular weight is 169 g/mol. The Morgan fingerprint density at radius 3 is 2.42 bits per heavy atom. The Hall–Kier alpha value is -0.700. The lowest BCUT2D eigenvalue weighted by Crippen LogP contribution is -2.38. The summed E-state index contributed by atoms with van der Waals surface area (Å²) in [7, 11) is 0. The van der Waals surface area contributed by atoms with Crippen molar-refractivity contribution >= 4 is 0 Å². The van der Waals surface area contributed by atoms with E-state index in [-0.39, 0.29) is 0 Å². The molecule has 1 aliphatic heterocycles. The van der Waals surface area contributed by atoms with E-state index in [1.165, 1.54) is 5.70 Å². The monoisotopic (exact) mass is 169 g/mol. The molecule has 0 aromatic carbocycles. The van der Waals surface area contributed by atoms with Crippen molar-refractivity contribution in [3.05, 3.63) is 11.9 Å². The molecule has 1 aliphatic rings. The molecular weight excluding hydrogens is 150 g/mol. The van der Waals surface area contributed by atoms with Crippen LogP contribution in [0.15, 0.2) is 11.9 Å². The van der Waals surface area contributed by atoms with Crippen LogP contribution in [0.3, 0.4) is 0 Å². The van der Waals surface area contributed by atoms with Crippen molar-refractivity contribution in [2.45, 2.75) is 27.7 Å². The fourth-order valence-corrected chi connectivity index (χ4v) is 1.15. The first kappa shape index (κ1) is 9.39. The maximum absolute atomic E-state index is 3.15. The van der Waals surface area contributed by atoms with Crippen LogP contribution in [0.4, 0.5) is 0 Å². The normalized spacial score (nSPS) is 17.2. The number of hydrogen-bond acceptors (Lipinski definition) is 3. The first-order chi connectivity index (χ1) is 5.59. The van der Waals surface area contributed by atoms with Crippen LogP contribution >= 0.6 is 0 Å². The van der Waals surface area contributed by atoms with E-state index in [2.05, 4.69) is 49.9 Å². The molecule has 0 aromatic rings. The molecule has 2 N–H and O–H groups in total. The summed E-state index contributed by atoms with van der Waals surface area (Å²) in [6.07, 6.45) is 2.14. The van der Waals surface area contributed by atoms with Crippen LogP contribution in [0, 0.1) is 11.8 Å². The highest BCUT2D eigenvalue weighted by Crippen LogP contribution is 2.10. The van der Waals surface area contributed by atoms with Gasteiger partial charge in [0, 0.05) is 18.4 Å². The molecule has 0 radical (unpaired) electrons. The van der Waals surface area contributed by atoms with Gasteiger partial charge in [0.1, 0.15) is 0 Å². The van der Waals surface area contributed by atoms with Gasteiger partial charge in [0.05, 0.1) is 0 Å². The van der Waals surface area contributed by atoms with Crippen LogP contribution in [-0.2, 0) is 0 Å². The number of nitrogens with zero attached hydrogens (tertiary/aromatic N) is 1. The van der Waals surface area contributed by atoms with Gasteiger partial charge in [-0.1, -0.05) is 27.7 Å². The zero-order valence-corrected chi connectivity index (χ0v) is 8.39. The maximum atomic E-state index is 3.15. The van der Waals surface area contributed by atoms with Crippen molar-refractivity contribution < 1.29 is 0 Å². The number of hydrazine groups is 2. The quantitative estimate of drug-likeness (QED) is 0.670. The van der Waals surface area contributed by atoms with Crippen molar-refractivity contribution in [1.82, 2.24) is 16.0 Å². The molecule has 0 spiro atoms. The standard InChI is InChI=1S/C9H19N3/c1-7(2)5-12-6-9(8(3)4)10-11-12/h6-8,10-11H,5H2,1-4H3. The minimum absolute atomic E-state index is 0.565. The molecular formula is C9H19N3. The molecule has 0 fully saturated rings. The van der Waals surface area contributed by atoms with E-state index in [0.717, 1.165) is 6.54 Å². The average Bonchev–Trinajstić information content (AvgIpc) is 2.34. The van der Waals surface area contributed by atoms with Gasteiger partial charge in [-0.2, -0.15) is 0 Å². The molecule has 0 saturated heterocycles. The number of hydrogen-bond donors (Lipinski definition) is 2. The second-order valence-corrected chi connectivity index (χ2v) is 4.02. The highest BCUT2D eigenvalue weighted by Gasteiger charge is 2.13. The van der Waals surface area contributed by atoms with Crippen LogP contribution in [0.5, 0.6) is 0 Å². The molecule has 1 rings (SSSR count). The van der Waals surface area contributed by atoms with E-state index in [0.29, 0.717) is 11.8 Å².